The minimum atomic E-state index is -0.159. The van der Waals surface area contributed by atoms with E-state index >= 15 is 0 Å². The number of carbonyl (C=O) groups excluding carboxylic acids is 1. The number of carbonyl (C=O) groups is 1. The normalized spacial score (nSPS) is 12.1. The number of hydrogen-bond acceptors (Lipinski definition) is 5. The van der Waals surface area contributed by atoms with Crippen LogP contribution in [0, 0.1) is 0 Å². The molecule has 5 aromatic rings. The molecule has 0 fully saturated rings. The van der Waals surface area contributed by atoms with Crippen molar-refractivity contribution in [3.8, 4) is 5.69 Å². The maximum Gasteiger partial charge on any atom is 0.267 e. The summed E-state index contributed by atoms with van der Waals surface area (Å²) < 4.78 is 3.41. The third-order valence-corrected chi connectivity index (χ3v) is 6.79. The molecule has 2 aromatic heterocycles. The fourth-order valence-electron chi connectivity index (χ4n) is 4.13. The monoisotopic (exact) mass is 483 g/mol. The van der Waals surface area contributed by atoms with Gasteiger partial charge in [0.15, 0.2) is 5.16 Å². The molecule has 1 N–H and O–H groups in total. The largest absolute Gasteiger partial charge is 0.353 e. The minimum absolute atomic E-state index is 0.0579. The predicted molar refractivity (Wildman–Crippen MR) is 139 cm³/mol. The molecule has 0 unspecified atom stereocenters. The van der Waals surface area contributed by atoms with Gasteiger partial charge in [0.05, 0.1) is 22.3 Å². The molecular weight excluding hydrogens is 458 g/mol. The highest BCUT2D eigenvalue weighted by Crippen LogP contribution is 2.23. The van der Waals surface area contributed by atoms with E-state index in [2.05, 4.69) is 27.6 Å². The van der Waals surface area contributed by atoms with E-state index in [0.717, 1.165) is 12.8 Å². The van der Waals surface area contributed by atoms with E-state index in [0.29, 0.717) is 27.5 Å². The van der Waals surface area contributed by atoms with Crippen LogP contribution in [0.3, 0.4) is 0 Å². The molecule has 8 heteroatoms. The Morgan fingerprint density at radius 2 is 1.63 bits per heavy atom. The summed E-state index contributed by atoms with van der Waals surface area (Å²) in [5.41, 5.74) is 2.52. The zero-order valence-corrected chi connectivity index (χ0v) is 20.1. The first-order valence-corrected chi connectivity index (χ1v) is 12.5. The van der Waals surface area contributed by atoms with Gasteiger partial charge in [-0.1, -0.05) is 72.4 Å². The van der Waals surface area contributed by atoms with Crippen molar-refractivity contribution in [1.82, 2.24) is 24.5 Å². The van der Waals surface area contributed by atoms with Gasteiger partial charge >= 0.3 is 0 Å². The summed E-state index contributed by atoms with van der Waals surface area (Å²) in [7, 11) is 0. The molecule has 3 aromatic carbocycles. The molecule has 0 aliphatic heterocycles. The van der Waals surface area contributed by atoms with Crippen molar-refractivity contribution in [2.75, 3.05) is 5.75 Å². The third kappa shape index (κ3) is 4.83. The van der Waals surface area contributed by atoms with E-state index in [1.54, 1.807) is 10.6 Å². The zero-order valence-electron chi connectivity index (χ0n) is 19.3. The van der Waals surface area contributed by atoms with Gasteiger partial charge in [0, 0.05) is 6.04 Å². The summed E-state index contributed by atoms with van der Waals surface area (Å²) in [5.74, 6) is 0.557. The average molecular weight is 484 g/mol. The van der Waals surface area contributed by atoms with Gasteiger partial charge in [0.25, 0.3) is 5.56 Å². The molecule has 1 atom stereocenters. The summed E-state index contributed by atoms with van der Waals surface area (Å²) in [4.78, 5) is 26.0. The van der Waals surface area contributed by atoms with E-state index in [-0.39, 0.29) is 23.3 Å². The number of aryl methyl sites for hydroxylation is 1. The second-order valence-electron chi connectivity index (χ2n) is 8.39. The smallest absolute Gasteiger partial charge is 0.267 e. The van der Waals surface area contributed by atoms with Gasteiger partial charge in [-0.05, 0) is 49.6 Å². The van der Waals surface area contributed by atoms with Crippen molar-refractivity contribution >= 4 is 34.3 Å². The lowest BCUT2D eigenvalue weighted by atomic mass is 10.1. The second kappa shape index (κ2) is 10.1. The molecule has 0 bridgehead atoms. The van der Waals surface area contributed by atoms with E-state index in [9.17, 15) is 9.59 Å². The fourth-order valence-corrected chi connectivity index (χ4v) is 4.88. The zero-order chi connectivity index (χ0) is 24.2. The Labute approximate surface area is 206 Å². The summed E-state index contributed by atoms with van der Waals surface area (Å²) >= 11 is 1.31. The van der Waals surface area contributed by atoms with Crippen LogP contribution in [0.25, 0.3) is 22.4 Å². The van der Waals surface area contributed by atoms with Crippen LogP contribution in [-0.4, -0.2) is 36.9 Å². The van der Waals surface area contributed by atoms with Crippen LogP contribution < -0.4 is 10.9 Å². The number of aromatic nitrogens is 4. The Hall–Kier alpha value is -3.91. The Kier molecular flexibility index (Phi) is 6.63. The van der Waals surface area contributed by atoms with Gasteiger partial charge in [0.2, 0.25) is 11.7 Å². The number of fused-ring (bicyclic) bond motifs is 3. The SMILES string of the molecule is C[C@H](CCc1ccccc1)NC(=O)CSc1nnc2n(-c3ccccc3)c(=O)c3ccccc3n12. The average Bonchev–Trinajstić information content (AvgIpc) is 3.31. The highest BCUT2D eigenvalue weighted by molar-refractivity contribution is 7.99. The van der Waals surface area contributed by atoms with Crippen molar-refractivity contribution in [2.24, 2.45) is 0 Å². The molecule has 35 heavy (non-hydrogen) atoms. The lowest BCUT2D eigenvalue weighted by Gasteiger charge is -2.14. The van der Waals surface area contributed by atoms with E-state index in [4.69, 9.17) is 0 Å². The standard InChI is InChI=1S/C27H25N5O2S/c1-19(16-17-20-10-4-2-5-11-20)28-24(33)18-35-27-30-29-26-31(21-12-6-3-7-13-21)25(34)22-14-8-9-15-23(22)32(26)27/h2-15,19H,16-18H2,1H3,(H,28,33)/t19-/m1/s1. The van der Waals surface area contributed by atoms with Crippen LogP contribution in [0.4, 0.5) is 0 Å². The molecule has 5 rings (SSSR count). The Morgan fingerprint density at radius 3 is 2.40 bits per heavy atom. The summed E-state index contributed by atoms with van der Waals surface area (Å²) in [5, 5.41) is 12.9. The lowest BCUT2D eigenvalue weighted by Crippen LogP contribution is -2.34. The Balaban J connectivity index is 1.37. The number of nitrogens with zero attached hydrogens (tertiary/aromatic N) is 4. The van der Waals surface area contributed by atoms with Crippen molar-refractivity contribution < 1.29 is 4.79 Å². The molecule has 0 aliphatic carbocycles. The molecule has 0 radical (unpaired) electrons. The number of rotatable bonds is 8. The van der Waals surface area contributed by atoms with Gasteiger partial charge in [-0.15, -0.1) is 10.2 Å². The first-order chi connectivity index (χ1) is 17.1. The van der Waals surface area contributed by atoms with Gasteiger partial charge in [-0.25, -0.2) is 4.57 Å². The van der Waals surface area contributed by atoms with Crippen LogP contribution in [0.1, 0.15) is 18.9 Å². The summed E-state index contributed by atoms with van der Waals surface area (Å²) in [6.07, 6.45) is 1.77. The van der Waals surface area contributed by atoms with Crippen molar-refractivity contribution in [3.05, 3.63) is 101 Å². The number of benzene rings is 3. The molecule has 0 saturated heterocycles. The first kappa shape index (κ1) is 22.9. The molecule has 2 heterocycles. The molecule has 1 amide bonds. The number of amides is 1. The summed E-state index contributed by atoms with van der Waals surface area (Å²) in [6, 6.07) is 27.1. The van der Waals surface area contributed by atoms with Crippen LogP contribution in [-0.2, 0) is 11.2 Å². The van der Waals surface area contributed by atoms with Crippen LogP contribution in [0.2, 0.25) is 0 Å². The number of thioether (sulfide) groups is 1. The predicted octanol–water partition coefficient (Wildman–Crippen LogP) is 4.26. The van der Waals surface area contributed by atoms with Crippen molar-refractivity contribution in [3.63, 3.8) is 0 Å². The van der Waals surface area contributed by atoms with Crippen molar-refractivity contribution in [2.45, 2.75) is 31.0 Å². The highest BCUT2D eigenvalue weighted by Gasteiger charge is 2.18. The molecule has 0 aliphatic rings. The Morgan fingerprint density at radius 1 is 0.943 bits per heavy atom. The Bertz CT molecular complexity index is 1530. The maximum atomic E-state index is 13.3. The van der Waals surface area contributed by atoms with Gasteiger partial charge in [-0.3, -0.25) is 14.0 Å². The molecule has 0 spiro atoms. The second-order valence-corrected chi connectivity index (χ2v) is 9.34. The van der Waals surface area contributed by atoms with Gasteiger partial charge in [0.1, 0.15) is 0 Å². The van der Waals surface area contributed by atoms with Crippen LogP contribution in [0.5, 0.6) is 0 Å². The molecular formula is C27H25N5O2S. The van der Waals surface area contributed by atoms with E-state index < -0.39 is 0 Å². The maximum absolute atomic E-state index is 13.3. The molecule has 7 nitrogen and oxygen atoms in total. The topological polar surface area (TPSA) is 81.3 Å². The first-order valence-electron chi connectivity index (χ1n) is 11.5. The van der Waals surface area contributed by atoms with E-state index in [1.807, 2.05) is 78.1 Å². The number of hydrogen-bond donors (Lipinski definition) is 1. The van der Waals surface area contributed by atoms with Gasteiger partial charge < -0.3 is 5.32 Å². The van der Waals surface area contributed by atoms with Gasteiger partial charge in [-0.2, -0.15) is 0 Å². The van der Waals surface area contributed by atoms with Crippen LogP contribution in [0.15, 0.2) is 94.9 Å². The number of para-hydroxylation sites is 2. The lowest BCUT2D eigenvalue weighted by molar-refractivity contribution is -0.119. The molecule has 0 saturated carbocycles. The quantitative estimate of drug-likeness (QED) is 0.334. The summed E-state index contributed by atoms with van der Waals surface area (Å²) in [6.45, 7) is 2.02. The minimum Gasteiger partial charge on any atom is -0.353 e. The van der Waals surface area contributed by atoms with E-state index in [1.165, 1.54) is 17.3 Å². The third-order valence-electron chi connectivity index (χ3n) is 5.86. The number of nitrogens with one attached hydrogen (secondary N) is 1. The van der Waals surface area contributed by atoms with Crippen LogP contribution >= 0.6 is 11.8 Å². The highest BCUT2D eigenvalue weighted by atomic mass is 32.2. The fraction of sp³-hybridized carbons (Fsp3) is 0.185. The van der Waals surface area contributed by atoms with Crippen molar-refractivity contribution in [1.29, 1.82) is 0 Å². The molecule has 176 valence electrons.